The lowest BCUT2D eigenvalue weighted by Gasteiger charge is -2.08. The molecule has 32 heavy (non-hydrogen) atoms. The van der Waals surface area contributed by atoms with Crippen molar-refractivity contribution in [2.75, 3.05) is 17.2 Å². The van der Waals surface area contributed by atoms with Crippen LogP contribution < -0.4 is 15.4 Å². The van der Waals surface area contributed by atoms with Gasteiger partial charge < -0.3 is 15.4 Å². The number of para-hydroxylation sites is 2. The van der Waals surface area contributed by atoms with E-state index in [2.05, 4.69) is 10.6 Å². The number of hydrogen-bond donors (Lipinski definition) is 2. The summed E-state index contributed by atoms with van der Waals surface area (Å²) in [6, 6.07) is 20.8. The van der Waals surface area contributed by atoms with Gasteiger partial charge in [0.05, 0.1) is 16.4 Å². The molecule has 0 atom stereocenters. The number of nitriles is 1. The lowest BCUT2D eigenvalue weighted by Crippen LogP contribution is -2.20. The molecule has 2 N–H and O–H groups in total. The average Bonchev–Trinajstić information content (AvgIpc) is 2.80. The van der Waals surface area contributed by atoms with Crippen molar-refractivity contribution >= 4 is 40.9 Å². The van der Waals surface area contributed by atoms with Crippen molar-refractivity contribution in [1.29, 1.82) is 5.26 Å². The molecule has 0 fully saturated rings. The molecule has 8 heteroatoms. The zero-order chi connectivity index (χ0) is 22.9. The Morgan fingerprint density at radius 1 is 0.969 bits per heavy atom. The third-order valence-electron chi connectivity index (χ3n) is 4.20. The quantitative estimate of drug-likeness (QED) is 0.390. The second kappa shape index (κ2) is 10.8. The fraction of sp³-hybridized carbons (Fsp3) is 0.0417. The van der Waals surface area contributed by atoms with E-state index >= 15 is 0 Å². The lowest BCUT2D eigenvalue weighted by atomic mass is 10.1. The van der Waals surface area contributed by atoms with Crippen LogP contribution in [0.3, 0.4) is 0 Å². The Labute approximate surface area is 188 Å². The van der Waals surface area contributed by atoms with Gasteiger partial charge in [-0.15, -0.1) is 0 Å². The first-order valence-corrected chi connectivity index (χ1v) is 9.79. The Kier molecular flexibility index (Phi) is 7.57. The van der Waals surface area contributed by atoms with E-state index in [-0.39, 0.29) is 17.9 Å². The largest absolute Gasteiger partial charge is 0.484 e. The van der Waals surface area contributed by atoms with E-state index in [4.69, 9.17) is 16.3 Å². The van der Waals surface area contributed by atoms with E-state index in [0.29, 0.717) is 22.0 Å². The monoisotopic (exact) mass is 449 g/mol. The molecule has 0 unspecified atom stereocenters. The normalized spacial score (nSPS) is 10.7. The number of amides is 2. The van der Waals surface area contributed by atoms with Crippen LogP contribution in [0, 0.1) is 17.1 Å². The molecule has 0 heterocycles. The highest BCUT2D eigenvalue weighted by atomic mass is 35.5. The van der Waals surface area contributed by atoms with Crippen LogP contribution in [0.25, 0.3) is 6.08 Å². The second-order valence-corrected chi connectivity index (χ2v) is 6.90. The molecule has 3 rings (SSSR count). The number of rotatable bonds is 7. The highest BCUT2D eigenvalue weighted by molar-refractivity contribution is 6.34. The van der Waals surface area contributed by atoms with Gasteiger partial charge in [0.1, 0.15) is 23.2 Å². The SMILES string of the molecule is N#C/C(=C\c1ccc(OCC(=O)Nc2ccccc2F)cc1)C(=O)Nc1ccccc1Cl. The summed E-state index contributed by atoms with van der Waals surface area (Å²) in [6.45, 7) is -0.312. The number of carbonyl (C=O) groups excluding carboxylic acids is 2. The fourth-order valence-electron chi connectivity index (χ4n) is 2.63. The Bertz CT molecular complexity index is 1200. The molecule has 0 radical (unpaired) electrons. The number of carbonyl (C=O) groups is 2. The third-order valence-corrected chi connectivity index (χ3v) is 4.53. The van der Waals surface area contributed by atoms with Crippen LogP contribution >= 0.6 is 11.6 Å². The van der Waals surface area contributed by atoms with Crippen LogP contribution in [-0.4, -0.2) is 18.4 Å². The molecule has 2 amide bonds. The number of benzene rings is 3. The molecule has 6 nitrogen and oxygen atoms in total. The molecule has 0 aliphatic carbocycles. The topological polar surface area (TPSA) is 91.2 Å². The molecule has 0 aromatic heterocycles. The van der Waals surface area contributed by atoms with Crippen molar-refractivity contribution in [3.63, 3.8) is 0 Å². The van der Waals surface area contributed by atoms with Crippen molar-refractivity contribution in [1.82, 2.24) is 0 Å². The predicted molar refractivity (Wildman–Crippen MR) is 121 cm³/mol. The standard InChI is InChI=1S/C24H17ClFN3O3/c25-19-5-1-3-7-21(19)29-24(31)17(14-27)13-16-9-11-18(12-10-16)32-15-23(30)28-22-8-4-2-6-20(22)26/h1-13H,15H2,(H,28,30)(H,29,31)/b17-13+. The van der Waals surface area contributed by atoms with E-state index in [1.54, 1.807) is 54.6 Å². The molecule has 0 saturated carbocycles. The van der Waals surface area contributed by atoms with Crippen LogP contribution in [0.5, 0.6) is 5.75 Å². The lowest BCUT2D eigenvalue weighted by molar-refractivity contribution is -0.118. The number of nitrogens with zero attached hydrogens (tertiary/aromatic N) is 1. The van der Waals surface area contributed by atoms with E-state index in [1.165, 1.54) is 24.3 Å². The summed E-state index contributed by atoms with van der Waals surface area (Å²) in [7, 11) is 0. The van der Waals surface area contributed by atoms with Gasteiger partial charge >= 0.3 is 0 Å². The highest BCUT2D eigenvalue weighted by Gasteiger charge is 2.11. The number of ether oxygens (including phenoxy) is 1. The summed E-state index contributed by atoms with van der Waals surface area (Å²) >= 11 is 6.02. The molecule has 160 valence electrons. The smallest absolute Gasteiger partial charge is 0.266 e. The number of halogens is 2. The van der Waals surface area contributed by atoms with Crippen LogP contribution in [0.1, 0.15) is 5.56 Å². The van der Waals surface area contributed by atoms with Crippen molar-refractivity contribution in [3.8, 4) is 11.8 Å². The van der Waals surface area contributed by atoms with Gasteiger partial charge in [-0.2, -0.15) is 5.26 Å². The van der Waals surface area contributed by atoms with Crippen LogP contribution in [0.15, 0.2) is 78.4 Å². The van der Waals surface area contributed by atoms with Gasteiger partial charge in [0, 0.05) is 0 Å². The van der Waals surface area contributed by atoms with Crippen LogP contribution in [0.2, 0.25) is 5.02 Å². The Morgan fingerprint density at radius 2 is 1.62 bits per heavy atom. The van der Waals surface area contributed by atoms with Gasteiger partial charge in [-0.3, -0.25) is 9.59 Å². The summed E-state index contributed by atoms with van der Waals surface area (Å²) in [6.07, 6.45) is 1.42. The second-order valence-electron chi connectivity index (χ2n) is 6.49. The maximum absolute atomic E-state index is 13.6. The Morgan fingerprint density at radius 3 is 2.28 bits per heavy atom. The van der Waals surface area contributed by atoms with Crippen molar-refractivity contribution in [3.05, 3.63) is 94.8 Å². The Hall–Kier alpha value is -4.15. The van der Waals surface area contributed by atoms with E-state index < -0.39 is 17.6 Å². The van der Waals surface area contributed by atoms with Gasteiger partial charge in [-0.1, -0.05) is 48.0 Å². The zero-order valence-electron chi connectivity index (χ0n) is 16.6. The van der Waals surface area contributed by atoms with Crippen molar-refractivity contribution in [2.24, 2.45) is 0 Å². The summed E-state index contributed by atoms with van der Waals surface area (Å²) in [5.41, 5.74) is 0.945. The van der Waals surface area contributed by atoms with Gasteiger partial charge in [0.15, 0.2) is 6.61 Å². The Balaban J connectivity index is 1.59. The molecular formula is C24H17ClFN3O3. The number of hydrogen-bond acceptors (Lipinski definition) is 4. The molecule has 3 aromatic carbocycles. The maximum Gasteiger partial charge on any atom is 0.266 e. The maximum atomic E-state index is 13.6. The van der Waals surface area contributed by atoms with Gasteiger partial charge in [-0.25, -0.2) is 4.39 Å². The molecule has 0 aliphatic heterocycles. The minimum atomic E-state index is -0.592. The van der Waals surface area contributed by atoms with E-state index in [0.717, 1.165) is 0 Å². The molecule has 3 aromatic rings. The molecular weight excluding hydrogens is 433 g/mol. The summed E-state index contributed by atoms with van der Waals surface area (Å²) in [5.74, 6) is -1.25. The highest BCUT2D eigenvalue weighted by Crippen LogP contribution is 2.22. The molecule has 0 aliphatic rings. The van der Waals surface area contributed by atoms with E-state index in [1.807, 2.05) is 6.07 Å². The third kappa shape index (κ3) is 6.17. The minimum Gasteiger partial charge on any atom is -0.484 e. The predicted octanol–water partition coefficient (Wildman–Crippen LogP) is 5.04. The van der Waals surface area contributed by atoms with Crippen LogP contribution in [0.4, 0.5) is 15.8 Å². The average molecular weight is 450 g/mol. The first kappa shape index (κ1) is 22.5. The first-order valence-electron chi connectivity index (χ1n) is 9.41. The number of nitrogens with one attached hydrogen (secondary N) is 2. The fourth-order valence-corrected chi connectivity index (χ4v) is 2.81. The van der Waals surface area contributed by atoms with Crippen LogP contribution in [-0.2, 0) is 9.59 Å². The first-order chi connectivity index (χ1) is 15.5. The van der Waals surface area contributed by atoms with Gasteiger partial charge in [-0.05, 0) is 48.0 Å². The van der Waals surface area contributed by atoms with E-state index in [9.17, 15) is 19.2 Å². The minimum absolute atomic E-state index is 0.0701. The zero-order valence-corrected chi connectivity index (χ0v) is 17.4. The summed E-state index contributed by atoms with van der Waals surface area (Å²) < 4.78 is 19.0. The molecule has 0 spiro atoms. The van der Waals surface area contributed by atoms with Gasteiger partial charge in [0.2, 0.25) is 0 Å². The summed E-state index contributed by atoms with van der Waals surface area (Å²) in [4.78, 5) is 24.3. The number of anilines is 2. The molecule has 0 saturated heterocycles. The van der Waals surface area contributed by atoms with Gasteiger partial charge in [0.25, 0.3) is 11.8 Å². The summed E-state index contributed by atoms with van der Waals surface area (Å²) in [5, 5.41) is 14.7. The molecule has 0 bridgehead atoms. The van der Waals surface area contributed by atoms with Crippen molar-refractivity contribution in [2.45, 2.75) is 0 Å². The van der Waals surface area contributed by atoms with Crippen molar-refractivity contribution < 1.29 is 18.7 Å².